The fraction of sp³-hybridized carbons (Fsp3) is 0.438. The van der Waals surface area contributed by atoms with Gasteiger partial charge in [-0.3, -0.25) is 4.79 Å². The zero-order chi connectivity index (χ0) is 17.8. The van der Waals surface area contributed by atoms with E-state index in [2.05, 4.69) is 20.9 Å². The standard InChI is InChI=1S/C16H19F2N5O2/c17-11-2-1-3-12(18)15(11)14(24)8-20-16(25)13-9-23(22-21-13)10-4-6-19-7-5-10/h1-3,9-10,14,19,24H,4-8H2,(H,20,25)/t14-/m1/s1. The summed E-state index contributed by atoms with van der Waals surface area (Å²) in [5.74, 6) is -2.28. The van der Waals surface area contributed by atoms with E-state index in [9.17, 15) is 18.7 Å². The lowest BCUT2D eigenvalue weighted by atomic mass is 10.1. The van der Waals surface area contributed by atoms with Gasteiger partial charge in [0.15, 0.2) is 5.69 Å². The molecule has 1 amide bonds. The van der Waals surface area contributed by atoms with Crippen molar-refractivity contribution in [3.8, 4) is 0 Å². The van der Waals surface area contributed by atoms with Crippen molar-refractivity contribution in [2.75, 3.05) is 19.6 Å². The van der Waals surface area contributed by atoms with Gasteiger partial charge in [0.1, 0.15) is 17.7 Å². The van der Waals surface area contributed by atoms with E-state index in [-0.39, 0.29) is 18.3 Å². The minimum atomic E-state index is -1.50. The molecule has 2 aromatic rings. The van der Waals surface area contributed by atoms with Crippen LogP contribution in [0, 0.1) is 11.6 Å². The Labute approximate surface area is 143 Å². The van der Waals surface area contributed by atoms with Gasteiger partial charge in [-0.05, 0) is 38.1 Å². The van der Waals surface area contributed by atoms with Gasteiger partial charge in [-0.1, -0.05) is 11.3 Å². The highest BCUT2D eigenvalue weighted by molar-refractivity contribution is 5.91. The number of aromatic nitrogens is 3. The molecule has 7 nitrogen and oxygen atoms in total. The van der Waals surface area contributed by atoms with Crippen molar-refractivity contribution in [3.63, 3.8) is 0 Å². The Morgan fingerprint density at radius 2 is 2.04 bits per heavy atom. The van der Waals surface area contributed by atoms with Crippen LogP contribution in [0.3, 0.4) is 0 Å². The number of aliphatic hydroxyl groups excluding tert-OH is 1. The molecule has 0 aliphatic carbocycles. The summed E-state index contributed by atoms with van der Waals surface area (Å²) >= 11 is 0. The molecule has 0 bridgehead atoms. The second-order valence-corrected chi connectivity index (χ2v) is 5.93. The largest absolute Gasteiger partial charge is 0.386 e. The van der Waals surface area contributed by atoms with Crippen LogP contribution >= 0.6 is 0 Å². The van der Waals surface area contributed by atoms with Crippen molar-refractivity contribution in [1.82, 2.24) is 25.6 Å². The van der Waals surface area contributed by atoms with Crippen LogP contribution < -0.4 is 10.6 Å². The Bertz CT molecular complexity index is 726. The summed E-state index contributed by atoms with van der Waals surface area (Å²) in [6.45, 7) is 1.43. The first kappa shape index (κ1) is 17.4. The van der Waals surface area contributed by atoms with E-state index >= 15 is 0 Å². The number of aliphatic hydroxyl groups is 1. The summed E-state index contributed by atoms with van der Waals surface area (Å²) in [6, 6.07) is 3.49. The molecule has 1 atom stereocenters. The fourth-order valence-electron chi connectivity index (χ4n) is 2.84. The minimum absolute atomic E-state index is 0.0970. The SMILES string of the molecule is O=C(NC[C@@H](O)c1c(F)cccc1F)c1cn(C2CCNCC2)nn1. The maximum Gasteiger partial charge on any atom is 0.273 e. The lowest BCUT2D eigenvalue weighted by molar-refractivity contribution is 0.0906. The van der Waals surface area contributed by atoms with Gasteiger partial charge in [-0.15, -0.1) is 5.10 Å². The highest BCUT2D eigenvalue weighted by Crippen LogP contribution is 2.20. The number of carbonyl (C=O) groups is 1. The second kappa shape index (κ2) is 7.66. The van der Waals surface area contributed by atoms with Gasteiger partial charge in [0.2, 0.25) is 0 Å². The summed E-state index contributed by atoms with van der Waals surface area (Å²) < 4.78 is 28.9. The van der Waals surface area contributed by atoms with Crippen LogP contribution in [0.1, 0.15) is 41.0 Å². The van der Waals surface area contributed by atoms with Gasteiger partial charge < -0.3 is 15.7 Å². The first-order valence-corrected chi connectivity index (χ1v) is 8.09. The zero-order valence-corrected chi connectivity index (χ0v) is 13.5. The van der Waals surface area contributed by atoms with Crippen LogP contribution in [-0.2, 0) is 0 Å². The molecule has 0 saturated carbocycles. The first-order chi connectivity index (χ1) is 12.1. The van der Waals surface area contributed by atoms with Crippen molar-refractivity contribution in [1.29, 1.82) is 0 Å². The molecule has 0 unspecified atom stereocenters. The summed E-state index contributed by atoms with van der Waals surface area (Å²) in [5, 5.41) is 23.4. The number of carbonyl (C=O) groups excluding carboxylic acids is 1. The molecule has 2 heterocycles. The second-order valence-electron chi connectivity index (χ2n) is 5.93. The highest BCUT2D eigenvalue weighted by atomic mass is 19.1. The third kappa shape index (κ3) is 3.99. The number of halogens is 2. The lowest BCUT2D eigenvalue weighted by Gasteiger charge is -2.22. The van der Waals surface area contributed by atoms with E-state index < -0.39 is 29.2 Å². The predicted molar refractivity (Wildman–Crippen MR) is 84.8 cm³/mol. The third-order valence-electron chi connectivity index (χ3n) is 4.21. The number of piperidine rings is 1. The van der Waals surface area contributed by atoms with E-state index in [1.54, 1.807) is 10.9 Å². The third-order valence-corrected chi connectivity index (χ3v) is 4.21. The maximum absolute atomic E-state index is 13.6. The molecule has 1 aliphatic heterocycles. The molecule has 0 spiro atoms. The molecular weight excluding hydrogens is 332 g/mol. The first-order valence-electron chi connectivity index (χ1n) is 8.09. The van der Waals surface area contributed by atoms with Crippen LogP contribution in [0.5, 0.6) is 0 Å². The van der Waals surface area contributed by atoms with E-state index in [1.165, 1.54) is 6.07 Å². The molecule has 9 heteroatoms. The van der Waals surface area contributed by atoms with Crippen molar-refractivity contribution in [2.24, 2.45) is 0 Å². The monoisotopic (exact) mass is 351 g/mol. The van der Waals surface area contributed by atoms with Crippen LogP contribution in [0.4, 0.5) is 8.78 Å². The number of hydrogen-bond acceptors (Lipinski definition) is 5. The molecule has 0 radical (unpaired) electrons. The average Bonchev–Trinajstić information content (AvgIpc) is 3.10. The topological polar surface area (TPSA) is 92.1 Å². The summed E-state index contributed by atoms with van der Waals surface area (Å²) in [5.41, 5.74) is -0.374. The normalized spacial score (nSPS) is 16.6. The maximum atomic E-state index is 13.6. The molecule has 1 aromatic carbocycles. The van der Waals surface area contributed by atoms with Crippen molar-refractivity contribution >= 4 is 5.91 Å². The van der Waals surface area contributed by atoms with Gasteiger partial charge in [-0.2, -0.15) is 0 Å². The Balaban J connectivity index is 1.60. The van der Waals surface area contributed by atoms with Gasteiger partial charge in [-0.25, -0.2) is 13.5 Å². The predicted octanol–water partition coefficient (Wildman–Crippen LogP) is 0.944. The Morgan fingerprint density at radius 3 is 2.72 bits per heavy atom. The number of nitrogens with zero attached hydrogens (tertiary/aromatic N) is 3. The van der Waals surface area contributed by atoms with Crippen molar-refractivity contribution < 1.29 is 18.7 Å². The molecule has 3 N–H and O–H groups in total. The van der Waals surface area contributed by atoms with Crippen LogP contribution in [0.15, 0.2) is 24.4 Å². The van der Waals surface area contributed by atoms with Crippen molar-refractivity contribution in [2.45, 2.75) is 25.0 Å². The van der Waals surface area contributed by atoms with E-state index in [1.807, 2.05) is 0 Å². The van der Waals surface area contributed by atoms with Gasteiger partial charge in [0, 0.05) is 6.54 Å². The van der Waals surface area contributed by atoms with Crippen molar-refractivity contribution in [3.05, 3.63) is 47.3 Å². The van der Waals surface area contributed by atoms with E-state index in [0.717, 1.165) is 38.1 Å². The quantitative estimate of drug-likeness (QED) is 0.746. The molecule has 3 rings (SSSR count). The van der Waals surface area contributed by atoms with Crippen LogP contribution in [-0.4, -0.2) is 45.6 Å². The van der Waals surface area contributed by atoms with Gasteiger partial charge in [0.25, 0.3) is 5.91 Å². The summed E-state index contributed by atoms with van der Waals surface area (Å²) in [7, 11) is 0. The van der Waals surface area contributed by atoms with Gasteiger partial charge in [0.05, 0.1) is 17.8 Å². The van der Waals surface area contributed by atoms with E-state index in [0.29, 0.717) is 0 Å². The number of hydrogen-bond donors (Lipinski definition) is 3. The molecule has 1 aromatic heterocycles. The Morgan fingerprint density at radius 1 is 1.36 bits per heavy atom. The smallest absolute Gasteiger partial charge is 0.273 e. The Kier molecular flexibility index (Phi) is 5.34. The van der Waals surface area contributed by atoms with Crippen LogP contribution in [0.2, 0.25) is 0 Å². The number of nitrogens with one attached hydrogen (secondary N) is 2. The highest BCUT2D eigenvalue weighted by Gasteiger charge is 2.21. The lowest BCUT2D eigenvalue weighted by Crippen LogP contribution is -2.30. The van der Waals surface area contributed by atoms with Gasteiger partial charge >= 0.3 is 0 Å². The van der Waals surface area contributed by atoms with Crippen LogP contribution in [0.25, 0.3) is 0 Å². The molecule has 1 fully saturated rings. The Hall–Kier alpha value is -2.39. The average molecular weight is 351 g/mol. The molecule has 134 valence electrons. The zero-order valence-electron chi connectivity index (χ0n) is 13.5. The molecule has 25 heavy (non-hydrogen) atoms. The summed E-state index contributed by atoms with van der Waals surface area (Å²) in [4.78, 5) is 12.1. The number of amides is 1. The number of rotatable bonds is 5. The molecule has 1 saturated heterocycles. The fourth-order valence-corrected chi connectivity index (χ4v) is 2.84. The minimum Gasteiger partial charge on any atom is -0.386 e. The molecule has 1 aliphatic rings. The van der Waals surface area contributed by atoms with E-state index in [4.69, 9.17) is 0 Å². The molecular formula is C16H19F2N5O2. The number of benzene rings is 1. The summed E-state index contributed by atoms with van der Waals surface area (Å²) in [6.07, 6.45) is 1.84.